The van der Waals surface area contributed by atoms with E-state index in [-0.39, 0.29) is 24.7 Å². The number of carboxylic acid groups (broad SMARTS) is 1. The minimum absolute atomic E-state index is 0.0268. The number of allylic oxidation sites excluding steroid dienone is 2. The highest BCUT2D eigenvalue weighted by Gasteiger charge is 2.25. The lowest BCUT2D eigenvalue weighted by molar-refractivity contribution is -0.142. The summed E-state index contributed by atoms with van der Waals surface area (Å²) in [6.07, 6.45) is 6.09. The Morgan fingerprint density at radius 3 is 2.61 bits per heavy atom. The fourth-order valence-electron chi connectivity index (χ4n) is 1.87. The monoisotopic (exact) mass is 254 g/mol. The van der Waals surface area contributed by atoms with Gasteiger partial charge >= 0.3 is 5.97 Å². The zero-order valence-electron chi connectivity index (χ0n) is 10.1. The van der Waals surface area contributed by atoms with Crippen molar-refractivity contribution >= 4 is 17.8 Å². The van der Waals surface area contributed by atoms with Gasteiger partial charge in [-0.1, -0.05) is 12.2 Å². The number of rotatable bonds is 6. The largest absolute Gasteiger partial charge is 0.480 e. The molecule has 0 aromatic rings. The molecule has 0 heterocycles. The molecule has 0 saturated heterocycles. The van der Waals surface area contributed by atoms with Crippen LogP contribution in [0.5, 0.6) is 0 Å². The molecule has 6 heteroatoms. The predicted molar refractivity (Wildman–Crippen MR) is 64.5 cm³/mol. The van der Waals surface area contributed by atoms with Crippen LogP contribution in [-0.4, -0.2) is 28.9 Å². The van der Waals surface area contributed by atoms with E-state index in [2.05, 4.69) is 5.32 Å². The first kappa shape index (κ1) is 14.2. The second kappa shape index (κ2) is 6.78. The van der Waals surface area contributed by atoms with Crippen molar-refractivity contribution in [2.45, 2.75) is 38.1 Å². The first-order chi connectivity index (χ1) is 8.50. The summed E-state index contributed by atoms with van der Waals surface area (Å²) in [4.78, 5) is 33.4. The molecule has 4 N–H and O–H groups in total. The van der Waals surface area contributed by atoms with Gasteiger partial charge in [-0.2, -0.15) is 0 Å². The van der Waals surface area contributed by atoms with Crippen molar-refractivity contribution in [3.05, 3.63) is 12.2 Å². The van der Waals surface area contributed by atoms with E-state index in [9.17, 15) is 14.4 Å². The van der Waals surface area contributed by atoms with E-state index in [0.29, 0.717) is 6.42 Å². The third kappa shape index (κ3) is 4.57. The molecule has 2 amide bonds. The summed E-state index contributed by atoms with van der Waals surface area (Å²) in [6, 6.07) is -1.05. The number of carbonyl (C=O) groups is 3. The molecule has 0 spiro atoms. The molecule has 1 aliphatic rings. The Bertz CT molecular complexity index is 365. The quantitative estimate of drug-likeness (QED) is 0.587. The molecule has 2 atom stereocenters. The van der Waals surface area contributed by atoms with Crippen molar-refractivity contribution in [3.8, 4) is 0 Å². The second-order valence-corrected chi connectivity index (χ2v) is 4.39. The van der Waals surface area contributed by atoms with Gasteiger partial charge in [-0.15, -0.1) is 0 Å². The lowest BCUT2D eigenvalue weighted by Crippen LogP contribution is -2.44. The van der Waals surface area contributed by atoms with E-state index >= 15 is 0 Å². The molecule has 0 radical (unpaired) electrons. The number of hydrogen-bond acceptors (Lipinski definition) is 3. The third-order valence-corrected chi connectivity index (χ3v) is 2.93. The maximum absolute atomic E-state index is 11.8. The Morgan fingerprint density at radius 1 is 1.39 bits per heavy atom. The van der Waals surface area contributed by atoms with Crippen LogP contribution >= 0.6 is 0 Å². The average molecular weight is 254 g/mol. The summed E-state index contributed by atoms with van der Waals surface area (Å²) in [7, 11) is 0. The number of carboxylic acids is 1. The van der Waals surface area contributed by atoms with Crippen LogP contribution in [0.25, 0.3) is 0 Å². The highest BCUT2D eigenvalue weighted by Crippen LogP contribution is 2.18. The van der Waals surface area contributed by atoms with Crippen LogP contribution in [0.3, 0.4) is 0 Å². The van der Waals surface area contributed by atoms with E-state index in [4.69, 9.17) is 10.8 Å². The van der Waals surface area contributed by atoms with Gasteiger partial charge in [-0.05, 0) is 25.7 Å². The van der Waals surface area contributed by atoms with E-state index in [1.807, 2.05) is 12.2 Å². The number of nitrogens with two attached hydrogens (primary N) is 1. The summed E-state index contributed by atoms with van der Waals surface area (Å²) in [6.45, 7) is 0. The Morgan fingerprint density at radius 2 is 2.11 bits per heavy atom. The van der Waals surface area contributed by atoms with Gasteiger partial charge in [0.25, 0.3) is 0 Å². The fraction of sp³-hybridized carbons (Fsp3) is 0.583. The molecule has 0 fully saturated rings. The minimum Gasteiger partial charge on any atom is -0.480 e. The number of aliphatic carboxylic acids is 1. The van der Waals surface area contributed by atoms with Crippen molar-refractivity contribution in [3.63, 3.8) is 0 Å². The summed E-state index contributed by atoms with van der Waals surface area (Å²) in [5.41, 5.74) is 4.96. The maximum Gasteiger partial charge on any atom is 0.326 e. The average Bonchev–Trinajstić information content (AvgIpc) is 2.34. The van der Waals surface area contributed by atoms with Gasteiger partial charge in [0, 0.05) is 12.3 Å². The first-order valence-electron chi connectivity index (χ1n) is 5.97. The van der Waals surface area contributed by atoms with Gasteiger partial charge in [0.05, 0.1) is 0 Å². The highest BCUT2D eigenvalue weighted by atomic mass is 16.4. The number of carbonyl (C=O) groups excluding carboxylic acids is 2. The van der Waals surface area contributed by atoms with Crippen molar-refractivity contribution in [2.75, 3.05) is 0 Å². The lowest BCUT2D eigenvalue weighted by atomic mass is 9.93. The molecule has 6 nitrogen and oxygen atoms in total. The Balaban J connectivity index is 2.49. The maximum atomic E-state index is 11.8. The Kier molecular flexibility index (Phi) is 5.35. The molecule has 0 aromatic heterocycles. The molecule has 100 valence electrons. The molecule has 18 heavy (non-hydrogen) atoms. The van der Waals surface area contributed by atoms with Gasteiger partial charge in [0.2, 0.25) is 11.8 Å². The smallest absolute Gasteiger partial charge is 0.326 e. The number of hydrogen-bond donors (Lipinski definition) is 3. The topological polar surface area (TPSA) is 109 Å². The van der Waals surface area contributed by atoms with E-state index in [1.165, 1.54) is 0 Å². The van der Waals surface area contributed by atoms with Crippen LogP contribution in [-0.2, 0) is 14.4 Å². The molecular formula is C12H18N2O4. The first-order valence-corrected chi connectivity index (χ1v) is 5.97. The molecule has 0 aliphatic heterocycles. The van der Waals surface area contributed by atoms with Crippen molar-refractivity contribution in [1.82, 2.24) is 5.32 Å². The molecule has 0 saturated carbocycles. The van der Waals surface area contributed by atoms with E-state index < -0.39 is 17.9 Å². The third-order valence-electron chi connectivity index (χ3n) is 2.93. The molecular weight excluding hydrogens is 236 g/mol. The summed E-state index contributed by atoms with van der Waals surface area (Å²) < 4.78 is 0. The van der Waals surface area contributed by atoms with Crippen LogP contribution in [0.1, 0.15) is 32.1 Å². The number of primary amides is 1. The highest BCUT2D eigenvalue weighted by molar-refractivity contribution is 5.85. The Labute approximate surface area is 105 Å². The van der Waals surface area contributed by atoms with Crippen molar-refractivity contribution in [2.24, 2.45) is 11.7 Å². The van der Waals surface area contributed by atoms with E-state index in [1.54, 1.807) is 0 Å². The molecule has 1 unspecified atom stereocenters. The van der Waals surface area contributed by atoms with Crippen molar-refractivity contribution < 1.29 is 19.5 Å². The zero-order chi connectivity index (χ0) is 13.5. The minimum atomic E-state index is -1.14. The fourth-order valence-corrected chi connectivity index (χ4v) is 1.87. The normalized spacial score (nSPS) is 20.1. The molecule has 1 rings (SSSR count). The van der Waals surface area contributed by atoms with Crippen molar-refractivity contribution in [1.29, 1.82) is 0 Å². The van der Waals surface area contributed by atoms with Crippen LogP contribution < -0.4 is 11.1 Å². The van der Waals surface area contributed by atoms with Crippen LogP contribution in [0.4, 0.5) is 0 Å². The summed E-state index contributed by atoms with van der Waals surface area (Å²) >= 11 is 0. The standard InChI is InChI=1S/C12H18N2O4/c13-10(15)7-6-9(12(17)18)14-11(16)8-4-2-1-3-5-8/h1-2,8-9H,3-7H2,(H2,13,15)(H,14,16)(H,17,18)/t8?,9-/m0/s1. The number of nitrogens with one attached hydrogen (secondary N) is 1. The molecule has 0 bridgehead atoms. The summed E-state index contributed by atoms with van der Waals surface area (Å²) in [5, 5.41) is 11.4. The Hall–Kier alpha value is -1.85. The van der Waals surface area contributed by atoms with Gasteiger partial charge in [0.1, 0.15) is 6.04 Å². The van der Waals surface area contributed by atoms with E-state index in [0.717, 1.165) is 12.8 Å². The molecule has 0 aromatic carbocycles. The van der Waals surface area contributed by atoms with Gasteiger partial charge in [-0.25, -0.2) is 4.79 Å². The predicted octanol–water partition coefficient (Wildman–Crippen LogP) is 0.178. The SMILES string of the molecule is NC(=O)CC[C@H](NC(=O)C1CC=CCC1)C(=O)O. The zero-order valence-corrected chi connectivity index (χ0v) is 10.1. The van der Waals surface area contributed by atoms with Crippen LogP contribution in [0.15, 0.2) is 12.2 Å². The van der Waals surface area contributed by atoms with Gasteiger partial charge < -0.3 is 16.2 Å². The van der Waals surface area contributed by atoms with Crippen LogP contribution in [0, 0.1) is 5.92 Å². The summed E-state index contributed by atoms with van der Waals surface area (Å²) in [5.74, 6) is -2.16. The van der Waals surface area contributed by atoms with Crippen LogP contribution in [0.2, 0.25) is 0 Å². The van der Waals surface area contributed by atoms with Gasteiger partial charge in [-0.3, -0.25) is 9.59 Å². The molecule has 1 aliphatic carbocycles. The lowest BCUT2D eigenvalue weighted by Gasteiger charge is -2.20. The second-order valence-electron chi connectivity index (χ2n) is 4.39. The van der Waals surface area contributed by atoms with Gasteiger partial charge in [0.15, 0.2) is 0 Å². The number of amides is 2.